The minimum Gasteiger partial charge on any atom is -0.373 e. The van der Waals surface area contributed by atoms with Crippen LogP contribution in [-0.4, -0.2) is 60.8 Å². The molecule has 3 heterocycles. The van der Waals surface area contributed by atoms with Crippen LogP contribution in [0.2, 0.25) is 0 Å². The van der Waals surface area contributed by atoms with Crippen molar-refractivity contribution in [3.63, 3.8) is 0 Å². The van der Waals surface area contributed by atoms with Gasteiger partial charge in [-0.05, 0) is 50.3 Å². The molecule has 0 radical (unpaired) electrons. The first-order valence-electron chi connectivity index (χ1n) is 13.6. The molecular weight excluding hydrogens is 448 g/mol. The van der Waals surface area contributed by atoms with Gasteiger partial charge < -0.3 is 15.5 Å². The van der Waals surface area contributed by atoms with Gasteiger partial charge in [-0.3, -0.25) is 15.1 Å². The van der Waals surface area contributed by atoms with E-state index in [9.17, 15) is 4.79 Å². The molecule has 1 amide bonds. The highest BCUT2D eigenvalue weighted by Crippen LogP contribution is 2.23. The fraction of sp³-hybridized carbons (Fsp3) is 0.552. The number of hydrogen-bond donors (Lipinski definition) is 3. The summed E-state index contributed by atoms with van der Waals surface area (Å²) in [5, 5.41) is 14.7. The van der Waals surface area contributed by atoms with Crippen molar-refractivity contribution in [1.29, 1.82) is 5.41 Å². The smallest absolute Gasteiger partial charge is 0.270 e. The highest BCUT2D eigenvalue weighted by atomic mass is 16.1. The van der Waals surface area contributed by atoms with Gasteiger partial charge >= 0.3 is 0 Å². The Hall–Kier alpha value is -2.93. The van der Waals surface area contributed by atoms with Gasteiger partial charge in [-0.1, -0.05) is 56.5 Å². The molecule has 7 heteroatoms. The number of anilines is 2. The Morgan fingerprint density at radius 2 is 1.61 bits per heavy atom. The number of aryl methyl sites for hydroxylation is 1. The molecule has 2 fully saturated rings. The van der Waals surface area contributed by atoms with Crippen LogP contribution >= 0.6 is 0 Å². The maximum Gasteiger partial charge on any atom is 0.270 e. The fourth-order valence-electron chi connectivity index (χ4n) is 4.88. The van der Waals surface area contributed by atoms with Crippen molar-refractivity contribution < 1.29 is 4.79 Å². The molecule has 0 bridgehead atoms. The van der Waals surface area contributed by atoms with Gasteiger partial charge in [0.05, 0.1) is 0 Å². The van der Waals surface area contributed by atoms with Gasteiger partial charge in [0, 0.05) is 51.4 Å². The van der Waals surface area contributed by atoms with Crippen molar-refractivity contribution in [3.05, 3.63) is 53.1 Å². The van der Waals surface area contributed by atoms with Crippen molar-refractivity contribution in [2.75, 3.05) is 43.4 Å². The molecule has 0 spiro atoms. The molecule has 3 N–H and O–H groups in total. The van der Waals surface area contributed by atoms with Crippen LogP contribution < -0.4 is 15.5 Å². The molecule has 0 atom stereocenters. The highest BCUT2D eigenvalue weighted by Gasteiger charge is 2.24. The predicted octanol–water partition coefficient (Wildman–Crippen LogP) is 4.99. The Kier molecular flexibility index (Phi) is 10.7. The summed E-state index contributed by atoms with van der Waals surface area (Å²) in [6, 6.07) is 12.6. The van der Waals surface area contributed by atoms with E-state index in [1.807, 2.05) is 26.0 Å². The quantitative estimate of drug-likeness (QED) is 0.475. The molecule has 2 saturated heterocycles. The second kappa shape index (κ2) is 14.0. The number of piperidine rings is 1. The number of pyridine rings is 1. The zero-order chi connectivity index (χ0) is 25.9. The first kappa shape index (κ1) is 27.7. The van der Waals surface area contributed by atoms with E-state index < -0.39 is 0 Å². The van der Waals surface area contributed by atoms with Gasteiger partial charge in [0.1, 0.15) is 17.3 Å². The lowest BCUT2D eigenvalue weighted by Crippen LogP contribution is -2.46. The largest absolute Gasteiger partial charge is 0.373 e. The first-order chi connectivity index (χ1) is 17.5. The standard InChI is InChI=1S/C27H38N6O.C2H6/c1-20-7-9-21(10-8-20)19-32-17-13-22(14-18-32)30-27(34)25(28)23-11-12-24(31-26(23)29-2)33-15-5-3-4-6-16-33;1-2/h7-12,22,28H,3-6,13-19H2,1-2H3,(H,29,31)(H,30,34);1-2H3. The topological polar surface area (TPSA) is 84.4 Å². The van der Waals surface area contributed by atoms with Gasteiger partial charge in [0.2, 0.25) is 0 Å². The normalized spacial score (nSPS) is 16.9. The molecule has 196 valence electrons. The fourth-order valence-corrected chi connectivity index (χ4v) is 4.88. The number of rotatable bonds is 7. The summed E-state index contributed by atoms with van der Waals surface area (Å²) in [6.45, 7) is 11.0. The van der Waals surface area contributed by atoms with Crippen LogP contribution in [0.5, 0.6) is 0 Å². The maximum absolute atomic E-state index is 12.9. The van der Waals surface area contributed by atoms with Crippen molar-refractivity contribution >= 4 is 23.3 Å². The maximum atomic E-state index is 12.9. The van der Waals surface area contributed by atoms with Crippen LogP contribution in [0.25, 0.3) is 0 Å². The third-order valence-corrected chi connectivity index (χ3v) is 6.99. The molecule has 2 aliphatic rings. The van der Waals surface area contributed by atoms with Crippen molar-refractivity contribution in [3.8, 4) is 0 Å². The average molecular weight is 493 g/mol. The Labute approximate surface area is 217 Å². The van der Waals surface area contributed by atoms with E-state index >= 15 is 0 Å². The summed E-state index contributed by atoms with van der Waals surface area (Å²) < 4.78 is 0. The molecule has 0 unspecified atom stereocenters. The molecule has 2 aromatic rings. The molecular formula is C29H44N6O. The number of aromatic nitrogens is 1. The summed E-state index contributed by atoms with van der Waals surface area (Å²) in [5.74, 6) is 1.19. The summed E-state index contributed by atoms with van der Waals surface area (Å²) >= 11 is 0. The molecule has 2 aliphatic heterocycles. The number of carbonyl (C=O) groups excluding carboxylic acids is 1. The Bertz CT molecular complexity index is 974. The highest BCUT2D eigenvalue weighted by molar-refractivity contribution is 6.45. The van der Waals surface area contributed by atoms with Gasteiger partial charge in [-0.2, -0.15) is 0 Å². The van der Waals surface area contributed by atoms with Gasteiger partial charge in [-0.25, -0.2) is 4.98 Å². The number of benzene rings is 1. The van der Waals surface area contributed by atoms with Crippen molar-refractivity contribution in [2.45, 2.75) is 71.9 Å². The number of amides is 1. The van der Waals surface area contributed by atoms with Gasteiger partial charge in [0.25, 0.3) is 5.91 Å². The zero-order valence-corrected chi connectivity index (χ0v) is 22.6. The summed E-state index contributed by atoms with van der Waals surface area (Å²) in [4.78, 5) is 22.4. The Morgan fingerprint density at radius 1 is 0.972 bits per heavy atom. The van der Waals surface area contributed by atoms with Crippen LogP contribution in [0.4, 0.5) is 11.6 Å². The summed E-state index contributed by atoms with van der Waals surface area (Å²) in [5.41, 5.74) is 3.13. The summed E-state index contributed by atoms with van der Waals surface area (Å²) in [7, 11) is 1.80. The number of carbonyl (C=O) groups is 1. The number of nitrogens with zero attached hydrogens (tertiary/aromatic N) is 3. The minimum atomic E-state index is -0.321. The molecule has 7 nitrogen and oxygen atoms in total. The predicted molar refractivity (Wildman–Crippen MR) is 150 cm³/mol. The second-order valence-corrected chi connectivity index (χ2v) is 9.60. The van der Waals surface area contributed by atoms with Crippen LogP contribution in [0.15, 0.2) is 36.4 Å². The van der Waals surface area contributed by atoms with E-state index in [4.69, 9.17) is 10.4 Å². The SMILES string of the molecule is CC.CNc1nc(N2CCCCCC2)ccc1C(=N)C(=O)NC1CCN(Cc2ccc(C)cc2)CC1. The van der Waals surface area contributed by atoms with E-state index in [-0.39, 0.29) is 17.7 Å². The molecule has 1 aromatic carbocycles. The third-order valence-electron chi connectivity index (χ3n) is 6.99. The monoisotopic (exact) mass is 492 g/mol. The number of likely N-dealkylation sites (tertiary alicyclic amines) is 1. The van der Waals surface area contributed by atoms with E-state index in [2.05, 4.69) is 51.6 Å². The zero-order valence-electron chi connectivity index (χ0n) is 22.6. The molecule has 0 saturated carbocycles. The molecule has 1 aromatic heterocycles. The van der Waals surface area contributed by atoms with Crippen LogP contribution in [0.3, 0.4) is 0 Å². The Balaban J connectivity index is 0.00000176. The average Bonchev–Trinajstić information content (AvgIpc) is 3.21. The first-order valence-corrected chi connectivity index (χ1v) is 13.6. The number of nitrogens with one attached hydrogen (secondary N) is 3. The lowest BCUT2D eigenvalue weighted by molar-refractivity contribution is -0.115. The van der Waals surface area contributed by atoms with Crippen molar-refractivity contribution in [1.82, 2.24) is 15.2 Å². The lowest BCUT2D eigenvalue weighted by Gasteiger charge is -2.32. The van der Waals surface area contributed by atoms with Crippen LogP contribution in [-0.2, 0) is 11.3 Å². The summed E-state index contributed by atoms with van der Waals surface area (Å²) in [6.07, 6.45) is 6.69. The minimum absolute atomic E-state index is 0.0265. The number of hydrogen-bond acceptors (Lipinski definition) is 6. The van der Waals surface area contributed by atoms with E-state index in [1.165, 1.54) is 36.8 Å². The van der Waals surface area contributed by atoms with E-state index in [0.29, 0.717) is 11.4 Å². The van der Waals surface area contributed by atoms with Crippen molar-refractivity contribution in [2.24, 2.45) is 0 Å². The van der Waals surface area contributed by atoms with Gasteiger partial charge in [-0.15, -0.1) is 0 Å². The second-order valence-electron chi connectivity index (χ2n) is 9.60. The molecule has 36 heavy (non-hydrogen) atoms. The van der Waals surface area contributed by atoms with E-state index in [0.717, 1.165) is 51.4 Å². The lowest BCUT2D eigenvalue weighted by atomic mass is 10.0. The van der Waals surface area contributed by atoms with E-state index in [1.54, 1.807) is 7.05 Å². The van der Waals surface area contributed by atoms with Crippen LogP contribution in [0, 0.1) is 12.3 Å². The molecule has 0 aliphatic carbocycles. The van der Waals surface area contributed by atoms with Gasteiger partial charge in [0.15, 0.2) is 0 Å². The van der Waals surface area contributed by atoms with Crippen LogP contribution in [0.1, 0.15) is 69.1 Å². The third kappa shape index (κ3) is 7.53. The Morgan fingerprint density at radius 3 is 2.22 bits per heavy atom. The molecule has 4 rings (SSSR count).